The average Bonchev–Trinajstić information content (AvgIpc) is 2.16. The van der Waals surface area contributed by atoms with E-state index in [9.17, 15) is 31.1 Å². The van der Waals surface area contributed by atoms with Gasteiger partial charge in [-0.15, -0.1) is 13.2 Å². The highest BCUT2D eigenvalue weighted by Gasteiger charge is 2.39. The number of carboxylic acids is 1. The number of ether oxygens (including phenoxy) is 1. The van der Waals surface area contributed by atoms with E-state index in [2.05, 4.69) is 9.72 Å². The van der Waals surface area contributed by atoms with Crippen molar-refractivity contribution in [1.82, 2.24) is 4.98 Å². The summed E-state index contributed by atoms with van der Waals surface area (Å²) in [5.74, 6) is -3.37. The molecular weight excluding hydrogens is 399 g/mol. The van der Waals surface area contributed by atoms with E-state index in [0.717, 1.165) is 22.6 Å². The predicted octanol–water partition coefficient (Wildman–Crippen LogP) is 3.30. The molecule has 0 bridgehead atoms. The molecule has 4 nitrogen and oxygen atoms in total. The zero-order valence-corrected chi connectivity index (χ0v) is 10.6. The van der Waals surface area contributed by atoms with E-state index in [4.69, 9.17) is 5.11 Å². The SMILES string of the molecule is O=C(O)c1cc(C(F)(F)F)c(I)c(OC(F)(F)F)n1. The number of aromatic carboxylic acids is 1. The van der Waals surface area contributed by atoms with Gasteiger partial charge in [-0.1, -0.05) is 0 Å². The largest absolute Gasteiger partial charge is 0.574 e. The van der Waals surface area contributed by atoms with Crippen molar-refractivity contribution >= 4 is 28.6 Å². The summed E-state index contributed by atoms with van der Waals surface area (Å²) in [4.78, 5) is 13.4. The van der Waals surface area contributed by atoms with Crippen molar-refractivity contribution in [3.05, 3.63) is 20.9 Å². The van der Waals surface area contributed by atoms with E-state index in [1.807, 2.05) is 0 Å². The number of halogens is 7. The molecule has 0 saturated carbocycles. The summed E-state index contributed by atoms with van der Waals surface area (Å²) in [6.45, 7) is 0. The second-order valence-electron chi connectivity index (χ2n) is 3.02. The number of carbonyl (C=O) groups is 1. The van der Waals surface area contributed by atoms with Crippen molar-refractivity contribution in [3.8, 4) is 5.88 Å². The minimum absolute atomic E-state index is 0.132. The summed E-state index contributed by atoms with van der Waals surface area (Å²) in [6.07, 6.45) is -10.3. The van der Waals surface area contributed by atoms with Gasteiger partial charge in [0.15, 0.2) is 5.69 Å². The summed E-state index contributed by atoms with van der Waals surface area (Å²) in [6, 6.07) is 0.132. The van der Waals surface area contributed by atoms with Crippen LogP contribution in [0.4, 0.5) is 26.3 Å². The van der Waals surface area contributed by atoms with Crippen LogP contribution in [-0.2, 0) is 6.18 Å². The van der Waals surface area contributed by atoms with Gasteiger partial charge in [0.25, 0.3) is 0 Å². The van der Waals surface area contributed by atoms with Crippen LogP contribution < -0.4 is 4.74 Å². The molecule has 0 radical (unpaired) electrons. The Labute approximate surface area is 114 Å². The Kier molecular flexibility index (Phi) is 4.17. The first-order valence-corrected chi connectivity index (χ1v) is 5.26. The number of carboxylic acid groups (broad SMARTS) is 1. The lowest BCUT2D eigenvalue weighted by molar-refractivity contribution is -0.276. The first kappa shape index (κ1) is 15.8. The molecule has 19 heavy (non-hydrogen) atoms. The average molecular weight is 401 g/mol. The van der Waals surface area contributed by atoms with Gasteiger partial charge in [-0.2, -0.15) is 13.2 Å². The normalized spacial score (nSPS) is 12.4. The van der Waals surface area contributed by atoms with E-state index >= 15 is 0 Å². The van der Waals surface area contributed by atoms with Gasteiger partial charge in [0.05, 0.1) is 9.13 Å². The van der Waals surface area contributed by atoms with Crippen LogP contribution in [0.25, 0.3) is 0 Å². The number of rotatable bonds is 2. The molecule has 106 valence electrons. The number of hydrogen-bond donors (Lipinski definition) is 1. The number of alkyl halides is 6. The topological polar surface area (TPSA) is 59.4 Å². The van der Waals surface area contributed by atoms with Crippen LogP contribution in [-0.4, -0.2) is 22.4 Å². The Bertz CT molecular complexity index is 512. The standard InChI is InChI=1S/C8H2F6INO3/c9-7(10,11)2-1-3(6(17)18)16-5(4(2)15)19-8(12,13)14/h1H,(H,17,18). The Hall–Kier alpha value is -1.27. The van der Waals surface area contributed by atoms with Crippen molar-refractivity contribution < 1.29 is 41.0 Å². The number of nitrogens with zero attached hydrogens (tertiary/aromatic N) is 1. The molecule has 1 aromatic rings. The summed E-state index contributed by atoms with van der Waals surface area (Å²) in [5.41, 5.74) is -2.77. The van der Waals surface area contributed by atoms with Crippen molar-refractivity contribution in [2.24, 2.45) is 0 Å². The number of pyridine rings is 1. The lowest BCUT2D eigenvalue weighted by Crippen LogP contribution is -2.21. The van der Waals surface area contributed by atoms with Gasteiger partial charge in [-0.3, -0.25) is 0 Å². The summed E-state index contributed by atoms with van der Waals surface area (Å²) >= 11 is 0.946. The smallest absolute Gasteiger partial charge is 0.477 e. The molecular formula is C8H2F6INO3. The van der Waals surface area contributed by atoms with Gasteiger partial charge in [0.2, 0.25) is 5.88 Å². The zero-order valence-electron chi connectivity index (χ0n) is 8.43. The molecule has 1 rings (SSSR count). The van der Waals surface area contributed by atoms with Crippen molar-refractivity contribution in [3.63, 3.8) is 0 Å². The Morgan fingerprint density at radius 1 is 1.26 bits per heavy atom. The van der Waals surface area contributed by atoms with Crippen LogP contribution in [0.5, 0.6) is 5.88 Å². The van der Waals surface area contributed by atoms with E-state index in [0.29, 0.717) is 0 Å². The summed E-state index contributed by atoms with van der Waals surface area (Å²) < 4.78 is 75.9. The quantitative estimate of drug-likeness (QED) is 0.611. The van der Waals surface area contributed by atoms with Crippen molar-refractivity contribution in [1.29, 1.82) is 0 Å². The molecule has 0 saturated heterocycles. The Morgan fingerprint density at radius 2 is 1.79 bits per heavy atom. The summed E-state index contributed by atoms with van der Waals surface area (Å²) in [5, 5.41) is 8.52. The minimum Gasteiger partial charge on any atom is -0.477 e. The molecule has 0 aromatic carbocycles. The summed E-state index contributed by atoms with van der Waals surface area (Å²) in [7, 11) is 0. The van der Waals surface area contributed by atoms with E-state index in [-0.39, 0.29) is 6.07 Å². The van der Waals surface area contributed by atoms with Crippen molar-refractivity contribution in [2.45, 2.75) is 12.5 Å². The fourth-order valence-corrected chi connectivity index (χ4v) is 1.69. The maximum Gasteiger partial charge on any atom is 0.574 e. The van der Waals surface area contributed by atoms with Crippen LogP contribution in [0, 0.1) is 3.57 Å². The molecule has 0 aliphatic rings. The van der Waals surface area contributed by atoms with Crippen LogP contribution in [0.15, 0.2) is 6.07 Å². The molecule has 0 amide bonds. The number of hydrogen-bond acceptors (Lipinski definition) is 3. The monoisotopic (exact) mass is 401 g/mol. The van der Waals surface area contributed by atoms with E-state index < -0.39 is 39.2 Å². The molecule has 0 spiro atoms. The second-order valence-corrected chi connectivity index (χ2v) is 4.10. The maximum absolute atomic E-state index is 12.5. The fraction of sp³-hybridized carbons (Fsp3) is 0.250. The third-order valence-electron chi connectivity index (χ3n) is 1.66. The van der Waals surface area contributed by atoms with Gasteiger partial charge in [0, 0.05) is 0 Å². The molecule has 0 fully saturated rings. The third-order valence-corrected chi connectivity index (χ3v) is 2.71. The molecule has 0 unspecified atom stereocenters. The zero-order chi connectivity index (χ0) is 15.0. The van der Waals surface area contributed by atoms with Crippen LogP contribution in [0.3, 0.4) is 0 Å². The molecule has 0 atom stereocenters. The minimum atomic E-state index is -5.28. The second kappa shape index (κ2) is 5.02. The van der Waals surface area contributed by atoms with Gasteiger partial charge >= 0.3 is 18.5 Å². The first-order valence-electron chi connectivity index (χ1n) is 4.18. The van der Waals surface area contributed by atoms with E-state index in [1.54, 1.807) is 0 Å². The highest BCUT2D eigenvalue weighted by atomic mass is 127. The van der Waals surface area contributed by atoms with Crippen LogP contribution in [0.2, 0.25) is 0 Å². The van der Waals surface area contributed by atoms with Gasteiger partial charge in [-0.05, 0) is 28.7 Å². The lowest BCUT2D eigenvalue weighted by Gasteiger charge is -2.14. The molecule has 11 heteroatoms. The third kappa shape index (κ3) is 4.11. The lowest BCUT2D eigenvalue weighted by atomic mass is 10.2. The first-order chi connectivity index (χ1) is 8.42. The predicted molar refractivity (Wildman–Crippen MR) is 55.6 cm³/mol. The highest BCUT2D eigenvalue weighted by molar-refractivity contribution is 14.1. The Morgan fingerprint density at radius 3 is 2.16 bits per heavy atom. The van der Waals surface area contributed by atoms with E-state index in [1.165, 1.54) is 0 Å². The molecule has 1 aromatic heterocycles. The maximum atomic E-state index is 12.5. The van der Waals surface area contributed by atoms with Crippen molar-refractivity contribution in [2.75, 3.05) is 0 Å². The van der Waals surface area contributed by atoms with Gasteiger partial charge in [0.1, 0.15) is 0 Å². The van der Waals surface area contributed by atoms with Gasteiger partial charge < -0.3 is 9.84 Å². The molecule has 1 N–H and O–H groups in total. The number of aromatic nitrogens is 1. The van der Waals surface area contributed by atoms with Crippen LogP contribution in [0.1, 0.15) is 16.1 Å². The fourth-order valence-electron chi connectivity index (χ4n) is 0.999. The molecule has 0 aliphatic heterocycles. The molecule has 1 heterocycles. The highest BCUT2D eigenvalue weighted by Crippen LogP contribution is 2.38. The Balaban J connectivity index is 3.46. The van der Waals surface area contributed by atoms with Gasteiger partial charge in [-0.25, -0.2) is 9.78 Å². The van der Waals surface area contributed by atoms with Crippen LogP contribution >= 0.6 is 22.6 Å². The molecule has 0 aliphatic carbocycles.